The SMILES string of the molecule is Cc1nnc2c(NCCNS(C)(=O)=O)nccn12. The Morgan fingerprint density at radius 3 is 2.83 bits per heavy atom. The van der Waals surface area contributed by atoms with Gasteiger partial charge in [-0.2, -0.15) is 0 Å². The second-order valence-corrected chi connectivity index (χ2v) is 5.64. The molecule has 0 fully saturated rings. The lowest BCUT2D eigenvalue weighted by atomic mass is 10.5. The molecular weight excluding hydrogens is 256 g/mol. The molecule has 2 rings (SSSR count). The molecule has 2 aromatic rings. The minimum atomic E-state index is -3.16. The molecule has 0 aromatic carbocycles. The van der Waals surface area contributed by atoms with E-state index in [1.165, 1.54) is 0 Å². The van der Waals surface area contributed by atoms with Gasteiger partial charge in [-0.15, -0.1) is 10.2 Å². The predicted octanol–water partition coefficient (Wildman–Crippen LogP) is -0.606. The maximum absolute atomic E-state index is 10.9. The molecule has 98 valence electrons. The molecular formula is C9H14N6O2S. The van der Waals surface area contributed by atoms with Crippen molar-refractivity contribution >= 4 is 21.5 Å². The third-order valence-electron chi connectivity index (χ3n) is 2.28. The maximum Gasteiger partial charge on any atom is 0.208 e. The molecule has 8 nitrogen and oxygen atoms in total. The van der Waals surface area contributed by atoms with Gasteiger partial charge in [-0.1, -0.05) is 0 Å². The Hall–Kier alpha value is -1.74. The average molecular weight is 270 g/mol. The van der Waals surface area contributed by atoms with E-state index in [4.69, 9.17) is 0 Å². The summed E-state index contributed by atoms with van der Waals surface area (Å²) in [7, 11) is -3.16. The summed E-state index contributed by atoms with van der Waals surface area (Å²) in [5.41, 5.74) is 0.620. The van der Waals surface area contributed by atoms with Crippen LogP contribution in [0.15, 0.2) is 12.4 Å². The van der Waals surface area contributed by atoms with Gasteiger partial charge in [0.05, 0.1) is 6.26 Å². The van der Waals surface area contributed by atoms with Crippen molar-refractivity contribution in [1.29, 1.82) is 0 Å². The second kappa shape index (κ2) is 4.86. The first-order chi connectivity index (χ1) is 8.47. The fourth-order valence-electron chi connectivity index (χ4n) is 1.48. The number of hydrogen-bond acceptors (Lipinski definition) is 6. The summed E-state index contributed by atoms with van der Waals surface area (Å²) in [6.45, 7) is 2.55. The van der Waals surface area contributed by atoms with Crippen molar-refractivity contribution in [3.8, 4) is 0 Å². The van der Waals surface area contributed by atoms with E-state index in [0.717, 1.165) is 12.1 Å². The summed E-state index contributed by atoms with van der Waals surface area (Å²) in [5, 5.41) is 11.0. The van der Waals surface area contributed by atoms with Gasteiger partial charge in [0.25, 0.3) is 0 Å². The van der Waals surface area contributed by atoms with Crippen LogP contribution in [0.5, 0.6) is 0 Å². The standard InChI is InChI=1S/C9H14N6O2S/c1-7-13-14-9-8(11-5-6-15(7)9)10-3-4-12-18(2,16)17/h5-6,12H,3-4H2,1-2H3,(H,10,11). The largest absolute Gasteiger partial charge is 0.366 e. The van der Waals surface area contributed by atoms with E-state index in [1.807, 2.05) is 6.92 Å². The first kappa shape index (κ1) is 12.7. The van der Waals surface area contributed by atoms with E-state index < -0.39 is 10.0 Å². The van der Waals surface area contributed by atoms with Gasteiger partial charge in [-0.3, -0.25) is 4.40 Å². The van der Waals surface area contributed by atoms with E-state index >= 15 is 0 Å². The predicted molar refractivity (Wildman–Crippen MR) is 66.9 cm³/mol. The van der Waals surface area contributed by atoms with Crippen LogP contribution in [-0.2, 0) is 10.0 Å². The molecule has 18 heavy (non-hydrogen) atoms. The molecule has 0 saturated heterocycles. The summed E-state index contributed by atoms with van der Waals surface area (Å²) in [6, 6.07) is 0. The summed E-state index contributed by atoms with van der Waals surface area (Å²) in [5.74, 6) is 1.35. The van der Waals surface area contributed by atoms with Crippen LogP contribution >= 0.6 is 0 Å². The highest BCUT2D eigenvalue weighted by molar-refractivity contribution is 7.88. The number of nitrogens with zero attached hydrogens (tertiary/aromatic N) is 4. The zero-order valence-corrected chi connectivity index (χ0v) is 10.9. The van der Waals surface area contributed by atoms with Gasteiger partial charge in [0, 0.05) is 25.5 Å². The van der Waals surface area contributed by atoms with Crippen molar-refractivity contribution in [3.05, 3.63) is 18.2 Å². The Morgan fingerprint density at radius 2 is 2.11 bits per heavy atom. The van der Waals surface area contributed by atoms with E-state index in [9.17, 15) is 8.42 Å². The number of fused-ring (bicyclic) bond motifs is 1. The zero-order chi connectivity index (χ0) is 13.2. The molecule has 0 aliphatic heterocycles. The average Bonchev–Trinajstić information content (AvgIpc) is 2.67. The van der Waals surface area contributed by atoms with Crippen LogP contribution < -0.4 is 10.0 Å². The fourth-order valence-corrected chi connectivity index (χ4v) is 1.96. The third-order valence-corrected chi connectivity index (χ3v) is 3.01. The highest BCUT2D eigenvalue weighted by atomic mass is 32.2. The number of aryl methyl sites for hydroxylation is 1. The molecule has 2 aromatic heterocycles. The van der Waals surface area contributed by atoms with Gasteiger partial charge in [0.2, 0.25) is 15.7 Å². The van der Waals surface area contributed by atoms with Gasteiger partial charge in [0.1, 0.15) is 5.82 Å². The van der Waals surface area contributed by atoms with Crippen LogP contribution in [0.4, 0.5) is 5.82 Å². The fraction of sp³-hybridized carbons (Fsp3) is 0.444. The van der Waals surface area contributed by atoms with Crippen LogP contribution in [0.25, 0.3) is 5.65 Å². The molecule has 0 spiro atoms. The van der Waals surface area contributed by atoms with Gasteiger partial charge in [0.15, 0.2) is 5.82 Å². The van der Waals surface area contributed by atoms with Crippen molar-refractivity contribution < 1.29 is 8.42 Å². The Balaban J connectivity index is 2.04. The Labute approximate surface area is 104 Å². The molecule has 0 bridgehead atoms. The summed E-state index contributed by atoms with van der Waals surface area (Å²) < 4.78 is 25.9. The summed E-state index contributed by atoms with van der Waals surface area (Å²) in [4.78, 5) is 4.14. The van der Waals surface area contributed by atoms with Gasteiger partial charge in [-0.25, -0.2) is 18.1 Å². The highest BCUT2D eigenvalue weighted by Crippen LogP contribution is 2.10. The Bertz CT molecular complexity index is 650. The molecule has 0 aliphatic rings. The molecule has 0 unspecified atom stereocenters. The van der Waals surface area contributed by atoms with Gasteiger partial charge >= 0.3 is 0 Å². The van der Waals surface area contributed by atoms with Crippen molar-refractivity contribution in [2.45, 2.75) is 6.92 Å². The summed E-state index contributed by atoms with van der Waals surface area (Å²) in [6.07, 6.45) is 4.52. The van der Waals surface area contributed by atoms with Crippen molar-refractivity contribution in [2.75, 3.05) is 24.7 Å². The number of hydrogen-bond donors (Lipinski definition) is 2. The van der Waals surface area contributed by atoms with Gasteiger partial charge in [-0.05, 0) is 6.92 Å². The lowest BCUT2D eigenvalue weighted by Crippen LogP contribution is -2.27. The maximum atomic E-state index is 10.9. The summed E-state index contributed by atoms with van der Waals surface area (Å²) >= 11 is 0. The number of sulfonamides is 1. The molecule has 9 heteroatoms. The lowest BCUT2D eigenvalue weighted by Gasteiger charge is -2.06. The quantitative estimate of drug-likeness (QED) is 0.703. The molecule has 0 radical (unpaired) electrons. The molecule has 0 atom stereocenters. The second-order valence-electron chi connectivity index (χ2n) is 3.81. The van der Waals surface area contributed by atoms with Gasteiger partial charge < -0.3 is 5.32 Å². The van der Waals surface area contributed by atoms with E-state index in [0.29, 0.717) is 18.0 Å². The number of rotatable bonds is 5. The lowest BCUT2D eigenvalue weighted by molar-refractivity contribution is 0.589. The van der Waals surface area contributed by atoms with Crippen LogP contribution in [0.2, 0.25) is 0 Å². The normalized spacial score (nSPS) is 11.9. The van der Waals surface area contributed by atoms with Crippen molar-refractivity contribution in [2.24, 2.45) is 0 Å². The zero-order valence-electron chi connectivity index (χ0n) is 10.1. The minimum Gasteiger partial charge on any atom is -0.366 e. The van der Waals surface area contributed by atoms with E-state index in [2.05, 4.69) is 25.2 Å². The molecule has 2 heterocycles. The Kier molecular flexibility index (Phi) is 3.43. The molecule has 0 aliphatic carbocycles. The third kappa shape index (κ3) is 2.93. The van der Waals surface area contributed by atoms with Crippen LogP contribution in [0.1, 0.15) is 5.82 Å². The van der Waals surface area contributed by atoms with Crippen LogP contribution in [-0.4, -0.2) is 47.3 Å². The first-order valence-corrected chi connectivity index (χ1v) is 7.21. The first-order valence-electron chi connectivity index (χ1n) is 5.32. The van der Waals surface area contributed by atoms with Crippen molar-refractivity contribution in [1.82, 2.24) is 24.3 Å². The molecule has 0 saturated carbocycles. The van der Waals surface area contributed by atoms with Crippen LogP contribution in [0, 0.1) is 6.92 Å². The number of nitrogens with one attached hydrogen (secondary N) is 2. The molecule has 0 amide bonds. The highest BCUT2D eigenvalue weighted by Gasteiger charge is 2.07. The van der Waals surface area contributed by atoms with E-state index in [1.54, 1.807) is 16.8 Å². The Morgan fingerprint density at radius 1 is 1.33 bits per heavy atom. The smallest absolute Gasteiger partial charge is 0.208 e. The number of aromatic nitrogens is 4. The van der Waals surface area contributed by atoms with Crippen molar-refractivity contribution in [3.63, 3.8) is 0 Å². The topological polar surface area (TPSA) is 101 Å². The van der Waals surface area contributed by atoms with Crippen LogP contribution in [0.3, 0.4) is 0 Å². The monoisotopic (exact) mass is 270 g/mol. The van der Waals surface area contributed by atoms with E-state index in [-0.39, 0.29) is 6.54 Å². The molecule has 2 N–H and O–H groups in total. The number of anilines is 1. The minimum absolute atomic E-state index is 0.286.